The maximum Gasteiger partial charge on any atom is 0.238 e. The summed E-state index contributed by atoms with van der Waals surface area (Å²) in [4.78, 5) is 16.8. The second kappa shape index (κ2) is 10.1. The highest BCUT2D eigenvalue weighted by atomic mass is 35.5. The number of piperazine rings is 1. The summed E-state index contributed by atoms with van der Waals surface area (Å²) >= 11 is 12.2. The number of para-hydroxylation sites is 1. The highest BCUT2D eigenvalue weighted by Crippen LogP contribution is 2.23. The number of aryl methyl sites for hydroxylation is 1. The van der Waals surface area contributed by atoms with Gasteiger partial charge >= 0.3 is 0 Å². The van der Waals surface area contributed by atoms with E-state index in [4.69, 9.17) is 27.9 Å². The number of carbonyl (C=O) groups is 1. The first kappa shape index (κ1) is 20.9. The van der Waals surface area contributed by atoms with Crippen LogP contribution in [-0.4, -0.2) is 61.6 Å². The lowest BCUT2D eigenvalue weighted by molar-refractivity contribution is -0.117. The molecule has 0 atom stereocenters. The Morgan fingerprint density at radius 2 is 1.75 bits per heavy atom. The van der Waals surface area contributed by atoms with Gasteiger partial charge in [0.05, 0.1) is 11.6 Å². The van der Waals surface area contributed by atoms with Gasteiger partial charge in [0.1, 0.15) is 12.4 Å². The second-order valence-electron chi connectivity index (χ2n) is 6.91. The topological polar surface area (TPSA) is 44.8 Å². The van der Waals surface area contributed by atoms with Crippen molar-refractivity contribution in [1.82, 2.24) is 9.80 Å². The van der Waals surface area contributed by atoms with Crippen LogP contribution in [0.5, 0.6) is 5.75 Å². The number of rotatable bonds is 7. The number of nitrogens with zero attached hydrogens (tertiary/aromatic N) is 2. The van der Waals surface area contributed by atoms with Crippen LogP contribution in [0.2, 0.25) is 10.0 Å². The maximum absolute atomic E-state index is 12.3. The first-order valence-electron chi connectivity index (χ1n) is 9.39. The lowest BCUT2D eigenvalue weighted by atomic mass is 10.2. The van der Waals surface area contributed by atoms with E-state index in [0.717, 1.165) is 49.7 Å². The van der Waals surface area contributed by atoms with Gasteiger partial charge in [-0.3, -0.25) is 14.6 Å². The van der Waals surface area contributed by atoms with Crippen molar-refractivity contribution in [2.45, 2.75) is 6.92 Å². The Balaban J connectivity index is 1.36. The van der Waals surface area contributed by atoms with E-state index in [1.54, 1.807) is 6.07 Å². The summed E-state index contributed by atoms with van der Waals surface area (Å²) in [6, 6.07) is 13.1. The van der Waals surface area contributed by atoms with Crippen LogP contribution in [0.15, 0.2) is 42.5 Å². The lowest BCUT2D eigenvalue weighted by Gasteiger charge is -2.34. The molecule has 0 radical (unpaired) electrons. The molecule has 0 unspecified atom stereocenters. The van der Waals surface area contributed by atoms with E-state index in [9.17, 15) is 4.79 Å². The molecule has 3 rings (SSSR count). The number of hydrogen-bond acceptors (Lipinski definition) is 4. The number of ether oxygens (including phenoxy) is 1. The molecule has 1 saturated heterocycles. The molecule has 5 nitrogen and oxygen atoms in total. The van der Waals surface area contributed by atoms with Crippen molar-refractivity contribution in [3.05, 3.63) is 58.1 Å². The molecule has 0 bridgehead atoms. The molecule has 1 aliphatic heterocycles. The minimum Gasteiger partial charge on any atom is -0.491 e. The van der Waals surface area contributed by atoms with Gasteiger partial charge in [0.25, 0.3) is 0 Å². The van der Waals surface area contributed by atoms with Crippen LogP contribution in [0.25, 0.3) is 0 Å². The Morgan fingerprint density at radius 3 is 2.46 bits per heavy atom. The van der Waals surface area contributed by atoms with Crippen LogP contribution in [0.3, 0.4) is 0 Å². The Bertz CT molecular complexity index is 808. The van der Waals surface area contributed by atoms with Crippen LogP contribution in [0.4, 0.5) is 5.69 Å². The summed E-state index contributed by atoms with van der Waals surface area (Å²) in [6.07, 6.45) is 0. The average molecular weight is 422 g/mol. The zero-order chi connectivity index (χ0) is 19.9. The molecular formula is C21H25Cl2N3O2. The van der Waals surface area contributed by atoms with Crippen molar-refractivity contribution in [3.8, 4) is 5.75 Å². The minimum atomic E-state index is -0.0181. The zero-order valence-electron chi connectivity index (χ0n) is 16.0. The first-order chi connectivity index (χ1) is 13.5. The van der Waals surface area contributed by atoms with E-state index in [1.807, 2.05) is 43.3 Å². The highest BCUT2D eigenvalue weighted by Gasteiger charge is 2.19. The van der Waals surface area contributed by atoms with Crippen LogP contribution >= 0.6 is 23.2 Å². The number of amides is 1. The summed E-state index contributed by atoms with van der Waals surface area (Å²) in [6.45, 7) is 7.29. The Morgan fingerprint density at radius 1 is 1.04 bits per heavy atom. The van der Waals surface area contributed by atoms with Crippen molar-refractivity contribution in [1.29, 1.82) is 0 Å². The van der Waals surface area contributed by atoms with Crippen LogP contribution in [0.1, 0.15) is 5.56 Å². The lowest BCUT2D eigenvalue weighted by Crippen LogP contribution is -2.49. The van der Waals surface area contributed by atoms with E-state index in [1.165, 1.54) is 0 Å². The van der Waals surface area contributed by atoms with Gasteiger partial charge in [-0.1, -0.05) is 41.4 Å². The predicted octanol–water partition coefficient (Wildman–Crippen LogP) is 3.94. The maximum atomic E-state index is 12.3. The molecule has 2 aromatic rings. The predicted molar refractivity (Wildman–Crippen MR) is 115 cm³/mol. The molecule has 1 heterocycles. The third-order valence-electron chi connectivity index (χ3n) is 4.79. The quantitative estimate of drug-likeness (QED) is 0.735. The van der Waals surface area contributed by atoms with Gasteiger partial charge in [0.2, 0.25) is 5.91 Å². The Kier molecular flexibility index (Phi) is 7.57. The summed E-state index contributed by atoms with van der Waals surface area (Å²) in [5.41, 5.74) is 1.73. The molecule has 28 heavy (non-hydrogen) atoms. The van der Waals surface area contributed by atoms with Gasteiger partial charge in [-0.05, 0) is 36.8 Å². The number of hydrogen-bond donors (Lipinski definition) is 1. The summed E-state index contributed by atoms with van der Waals surface area (Å²) in [5.74, 6) is 0.700. The van der Waals surface area contributed by atoms with Crippen molar-refractivity contribution in [3.63, 3.8) is 0 Å². The normalized spacial score (nSPS) is 15.4. The fraction of sp³-hybridized carbons (Fsp3) is 0.381. The van der Waals surface area contributed by atoms with E-state index in [-0.39, 0.29) is 5.91 Å². The van der Waals surface area contributed by atoms with Gasteiger partial charge in [0.15, 0.2) is 0 Å². The summed E-state index contributed by atoms with van der Waals surface area (Å²) in [5, 5.41) is 4.21. The molecule has 1 N–H and O–H groups in total. The average Bonchev–Trinajstić information content (AvgIpc) is 2.67. The number of nitrogens with one attached hydrogen (secondary N) is 1. The molecule has 0 spiro atoms. The van der Waals surface area contributed by atoms with Gasteiger partial charge in [-0.2, -0.15) is 0 Å². The van der Waals surface area contributed by atoms with Crippen molar-refractivity contribution in [2.75, 3.05) is 51.2 Å². The van der Waals surface area contributed by atoms with Gasteiger partial charge in [-0.25, -0.2) is 0 Å². The molecule has 150 valence electrons. The van der Waals surface area contributed by atoms with Gasteiger partial charge in [-0.15, -0.1) is 0 Å². The van der Waals surface area contributed by atoms with E-state index < -0.39 is 0 Å². The summed E-state index contributed by atoms with van der Waals surface area (Å²) in [7, 11) is 0. The van der Waals surface area contributed by atoms with Crippen LogP contribution in [0, 0.1) is 6.92 Å². The van der Waals surface area contributed by atoms with E-state index in [0.29, 0.717) is 23.2 Å². The van der Waals surface area contributed by atoms with Crippen LogP contribution in [-0.2, 0) is 4.79 Å². The monoisotopic (exact) mass is 421 g/mol. The van der Waals surface area contributed by atoms with E-state index in [2.05, 4.69) is 15.1 Å². The third-order valence-corrected chi connectivity index (χ3v) is 5.51. The summed E-state index contributed by atoms with van der Waals surface area (Å²) < 4.78 is 5.75. The van der Waals surface area contributed by atoms with Gasteiger partial charge in [0, 0.05) is 43.4 Å². The van der Waals surface area contributed by atoms with Crippen LogP contribution < -0.4 is 10.1 Å². The fourth-order valence-electron chi connectivity index (χ4n) is 3.09. The fourth-order valence-corrected chi connectivity index (χ4v) is 3.46. The molecule has 2 aromatic carbocycles. The first-order valence-corrected chi connectivity index (χ1v) is 10.1. The van der Waals surface area contributed by atoms with Crippen molar-refractivity contribution in [2.24, 2.45) is 0 Å². The number of benzene rings is 2. The third kappa shape index (κ3) is 6.11. The smallest absolute Gasteiger partial charge is 0.238 e. The van der Waals surface area contributed by atoms with E-state index >= 15 is 0 Å². The Labute approximate surface area is 176 Å². The number of halogens is 2. The molecule has 1 aliphatic rings. The minimum absolute atomic E-state index is 0.0181. The standard InChI is InChI=1S/C21H25Cl2N3O2/c1-16-6-7-17(14-19(16)23)24-21(27)15-26-10-8-25(9-11-26)12-13-28-20-5-3-2-4-18(20)22/h2-7,14H,8-13,15H2,1H3,(H,24,27). The second-order valence-corrected chi connectivity index (χ2v) is 7.72. The van der Waals surface area contributed by atoms with Gasteiger partial charge < -0.3 is 10.1 Å². The molecule has 7 heteroatoms. The van der Waals surface area contributed by atoms with Crippen molar-refractivity contribution >= 4 is 34.8 Å². The SMILES string of the molecule is Cc1ccc(NC(=O)CN2CCN(CCOc3ccccc3Cl)CC2)cc1Cl. The number of anilines is 1. The molecule has 1 amide bonds. The molecular weight excluding hydrogens is 397 g/mol. The molecule has 0 aromatic heterocycles. The van der Waals surface area contributed by atoms with Crippen molar-refractivity contribution < 1.29 is 9.53 Å². The molecule has 0 aliphatic carbocycles. The number of carbonyl (C=O) groups excluding carboxylic acids is 1. The largest absolute Gasteiger partial charge is 0.491 e. The zero-order valence-corrected chi connectivity index (χ0v) is 17.5. The molecule has 0 saturated carbocycles. The Hall–Kier alpha value is -1.79. The molecule has 1 fully saturated rings. The highest BCUT2D eigenvalue weighted by molar-refractivity contribution is 6.32.